The molecule has 0 aromatic heterocycles. The summed E-state index contributed by atoms with van der Waals surface area (Å²) in [4.78, 5) is 25.1. The van der Waals surface area contributed by atoms with Crippen molar-refractivity contribution >= 4 is 11.9 Å². The fourth-order valence-corrected chi connectivity index (χ4v) is 3.31. The molecule has 0 heterocycles. The number of rotatable bonds is 16. The van der Waals surface area contributed by atoms with E-state index >= 15 is 0 Å². The lowest BCUT2D eigenvalue weighted by Crippen LogP contribution is -2.20. The van der Waals surface area contributed by atoms with E-state index in [1.54, 1.807) is 24.3 Å². The molecule has 164 valence electrons. The van der Waals surface area contributed by atoms with E-state index in [0.29, 0.717) is 17.7 Å². The van der Waals surface area contributed by atoms with Crippen LogP contribution in [0.15, 0.2) is 24.3 Å². The van der Waals surface area contributed by atoms with Crippen molar-refractivity contribution in [2.24, 2.45) is 0 Å². The topological polar surface area (TPSA) is 52.6 Å². The largest absolute Gasteiger partial charge is 0.462 e. The van der Waals surface area contributed by atoms with E-state index in [1.807, 2.05) is 6.92 Å². The Balaban J connectivity index is 2.45. The molecular formula is C25H40O4. The van der Waals surface area contributed by atoms with Crippen molar-refractivity contribution in [1.82, 2.24) is 0 Å². The Bertz CT molecular complexity index is 582. The first-order valence-corrected chi connectivity index (χ1v) is 11.6. The molecule has 0 aliphatic carbocycles. The van der Waals surface area contributed by atoms with Crippen LogP contribution in [0, 0.1) is 0 Å². The highest BCUT2D eigenvalue weighted by Crippen LogP contribution is 2.16. The highest BCUT2D eigenvalue weighted by Gasteiger charge is 2.21. The molecule has 0 spiro atoms. The van der Waals surface area contributed by atoms with Crippen molar-refractivity contribution < 1.29 is 19.1 Å². The number of unbranched alkanes of at least 4 members (excludes halogenated alkanes) is 8. The van der Waals surface area contributed by atoms with Crippen molar-refractivity contribution in [3.05, 3.63) is 35.4 Å². The fourth-order valence-electron chi connectivity index (χ4n) is 3.31. The molecule has 0 radical (unpaired) electrons. The number of hydrogen-bond acceptors (Lipinski definition) is 4. The SMILES string of the molecule is CCCCCCCCCCOC(=O)c1ccccc1C(=O)OC(CC)CCCC. The second kappa shape index (κ2) is 16.0. The Labute approximate surface area is 177 Å². The quantitative estimate of drug-likeness (QED) is 0.218. The summed E-state index contributed by atoms with van der Waals surface area (Å²) in [5.74, 6) is -0.880. The molecule has 0 fully saturated rings. The summed E-state index contributed by atoms with van der Waals surface area (Å²) < 4.78 is 11.0. The molecule has 0 bridgehead atoms. The molecule has 4 nitrogen and oxygen atoms in total. The van der Waals surface area contributed by atoms with E-state index < -0.39 is 11.9 Å². The molecule has 0 saturated heterocycles. The molecule has 0 aliphatic rings. The predicted octanol–water partition coefficient (Wildman–Crippen LogP) is 7.11. The van der Waals surface area contributed by atoms with Gasteiger partial charge in [0.1, 0.15) is 6.10 Å². The average Bonchev–Trinajstić information content (AvgIpc) is 2.75. The van der Waals surface area contributed by atoms with Crippen LogP contribution in [-0.2, 0) is 9.47 Å². The van der Waals surface area contributed by atoms with Crippen molar-refractivity contribution in [1.29, 1.82) is 0 Å². The lowest BCUT2D eigenvalue weighted by molar-refractivity contribution is 0.0258. The Kier molecular flexibility index (Phi) is 13.9. The minimum atomic E-state index is -0.442. The fraction of sp³-hybridized carbons (Fsp3) is 0.680. The molecular weight excluding hydrogens is 364 g/mol. The predicted molar refractivity (Wildman–Crippen MR) is 118 cm³/mol. The average molecular weight is 405 g/mol. The maximum atomic E-state index is 12.6. The molecule has 1 rings (SSSR count). The van der Waals surface area contributed by atoms with E-state index in [9.17, 15) is 9.59 Å². The summed E-state index contributed by atoms with van der Waals surface area (Å²) >= 11 is 0. The third-order valence-corrected chi connectivity index (χ3v) is 5.21. The molecule has 0 amide bonds. The Morgan fingerprint density at radius 2 is 1.31 bits per heavy atom. The Morgan fingerprint density at radius 3 is 1.90 bits per heavy atom. The van der Waals surface area contributed by atoms with Gasteiger partial charge in [-0.3, -0.25) is 0 Å². The Hall–Kier alpha value is -1.84. The van der Waals surface area contributed by atoms with Gasteiger partial charge < -0.3 is 9.47 Å². The van der Waals surface area contributed by atoms with E-state index in [0.717, 1.165) is 38.5 Å². The van der Waals surface area contributed by atoms with Gasteiger partial charge >= 0.3 is 11.9 Å². The van der Waals surface area contributed by atoms with Crippen LogP contribution in [0.5, 0.6) is 0 Å². The number of carbonyl (C=O) groups is 2. The van der Waals surface area contributed by atoms with Gasteiger partial charge in [0.2, 0.25) is 0 Å². The van der Waals surface area contributed by atoms with Crippen LogP contribution in [0.2, 0.25) is 0 Å². The monoisotopic (exact) mass is 404 g/mol. The minimum Gasteiger partial charge on any atom is -0.462 e. The van der Waals surface area contributed by atoms with Gasteiger partial charge in [-0.1, -0.05) is 90.7 Å². The van der Waals surface area contributed by atoms with Gasteiger partial charge in [0.25, 0.3) is 0 Å². The lowest BCUT2D eigenvalue weighted by atomic mass is 10.1. The number of ether oxygens (including phenoxy) is 2. The van der Waals surface area contributed by atoms with Crippen molar-refractivity contribution in [2.75, 3.05) is 6.61 Å². The van der Waals surface area contributed by atoms with Crippen molar-refractivity contribution in [3.63, 3.8) is 0 Å². The summed E-state index contributed by atoms with van der Waals surface area (Å²) in [6.45, 7) is 6.75. The minimum absolute atomic E-state index is 0.108. The molecule has 0 saturated carbocycles. The lowest BCUT2D eigenvalue weighted by Gasteiger charge is -2.17. The first-order valence-electron chi connectivity index (χ1n) is 11.6. The van der Waals surface area contributed by atoms with Gasteiger partial charge in [-0.2, -0.15) is 0 Å². The number of benzene rings is 1. The van der Waals surface area contributed by atoms with E-state index in [-0.39, 0.29) is 6.10 Å². The number of carbonyl (C=O) groups excluding carboxylic acids is 2. The molecule has 0 N–H and O–H groups in total. The summed E-state index contributed by atoms with van der Waals surface area (Å²) in [5.41, 5.74) is 0.589. The van der Waals surface area contributed by atoms with E-state index in [2.05, 4.69) is 13.8 Å². The maximum absolute atomic E-state index is 12.6. The zero-order valence-corrected chi connectivity index (χ0v) is 18.7. The summed E-state index contributed by atoms with van der Waals surface area (Å²) in [7, 11) is 0. The number of esters is 2. The van der Waals surface area contributed by atoms with Crippen LogP contribution >= 0.6 is 0 Å². The standard InChI is InChI=1S/C25H40O4/c1-4-7-9-10-11-12-13-16-20-28-24(26)22-18-14-15-19-23(22)25(27)29-21(6-3)17-8-5-2/h14-15,18-19,21H,4-13,16-17,20H2,1-3H3. The van der Waals surface area contributed by atoms with Crippen LogP contribution in [0.25, 0.3) is 0 Å². The van der Waals surface area contributed by atoms with Crippen molar-refractivity contribution in [2.45, 2.75) is 104 Å². The van der Waals surface area contributed by atoms with Gasteiger partial charge in [0, 0.05) is 0 Å². The zero-order chi connectivity index (χ0) is 21.3. The normalized spacial score (nSPS) is 11.8. The first kappa shape index (κ1) is 25.2. The van der Waals surface area contributed by atoms with Gasteiger partial charge in [-0.15, -0.1) is 0 Å². The third-order valence-electron chi connectivity index (χ3n) is 5.21. The molecule has 1 aromatic carbocycles. The van der Waals surface area contributed by atoms with Crippen LogP contribution in [0.1, 0.15) is 119 Å². The third kappa shape index (κ3) is 10.5. The summed E-state index contributed by atoms with van der Waals surface area (Å²) in [5, 5.41) is 0. The highest BCUT2D eigenvalue weighted by molar-refractivity contribution is 6.03. The molecule has 29 heavy (non-hydrogen) atoms. The second-order valence-corrected chi connectivity index (χ2v) is 7.73. The molecule has 4 heteroatoms. The smallest absolute Gasteiger partial charge is 0.339 e. The maximum Gasteiger partial charge on any atom is 0.339 e. The number of hydrogen-bond donors (Lipinski definition) is 0. The van der Waals surface area contributed by atoms with Gasteiger partial charge in [-0.25, -0.2) is 9.59 Å². The van der Waals surface area contributed by atoms with Gasteiger partial charge in [0.05, 0.1) is 17.7 Å². The van der Waals surface area contributed by atoms with Crippen LogP contribution in [0.3, 0.4) is 0 Å². The van der Waals surface area contributed by atoms with Crippen LogP contribution in [0.4, 0.5) is 0 Å². The Morgan fingerprint density at radius 1 is 0.759 bits per heavy atom. The zero-order valence-electron chi connectivity index (χ0n) is 18.7. The highest BCUT2D eigenvalue weighted by atomic mass is 16.5. The molecule has 1 aromatic rings. The van der Waals surface area contributed by atoms with E-state index in [4.69, 9.17) is 9.47 Å². The summed E-state index contributed by atoms with van der Waals surface area (Å²) in [6, 6.07) is 6.78. The van der Waals surface area contributed by atoms with Gasteiger partial charge in [0.15, 0.2) is 0 Å². The first-order chi connectivity index (χ1) is 14.1. The van der Waals surface area contributed by atoms with Crippen LogP contribution < -0.4 is 0 Å². The van der Waals surface area contributed by atoms with E-state index in [1.165, 1.54) is 38.5 Å². The van der Waals surface area contributed by atoms with Gasteiger partial charge in [-0.05, 0) is 31.4 Å². The molecule has 1 atom stereocenters. The summed E-state index contributed by atoms with van der Waals surface area (Å²) in [6.07, 6.45) is 13.2. The second-order valence-electron chi connectivity index (χ2n) is 7.73. The van der Waals surface area contributed by atoms with Crippen LogP contribution in [-0.4, -0.2) is 24.6 Å². The molecule has 0 aliphatic heterocycles. The molecule has 1 unspecified atom stereocenters. The van der Waals surface area contributed by atoms with Crippen molar-refractivity contribution in [3.8, 4) is 0 Å².